The fourth-order valence-corrected chi connectivity index (χ4v) is 5.57. The second kappa shape index (κ2) is 5.99. The lowest BCUT2D eigenvalue weighted by atomic mass is 9.66. The van der Waals surface area contributed by atoms with Crippen LogP contribution in [0, 0.1) is 13.8 Å². The zero-order valence-electron chi connectivity index (χ0n) is 17.2. The van der Waals surface area contributed by atoms with E-state index in [1.807, 2.05) is 0 Å². The van der Waals surface area contributed by atoms with Gasteiger partial charge < -0.3 is 10.6 Å². The van der Waals surface area contributed by atoms with Crippen molar-refractivity contribution in [2.45, 2.75) is 24.9 Å². The molecule has 6 rings (SSSR count). The van der Waals surface area contributed by atoms with Crippen LogP contribution in [-0.4, -0.2) is 0 Å². The van der Waals surface area contributed by atoms with E-state index in [-0.39, 0.29) is 0 Å². The summed E-state index contributed by atoms with van der Waals surface area (Å²) >= 11 is 0. The standard InChI is InChI=1S/C28H24N2/c1-19-13-15-23-25(17-19)29-28(22-11-7-4-8-12-22)24-16-14-20(2)18-26(24)30-27(23,28)21-9-5-3-6-10-21/h3-18,29-30H,1-2H3/t27-,28-/m1/s1. The van der Waals surface area contributed by atoms with Crippen LogP contribution in [-0.2, 0) is 11.1 Å². The van der Waals surface area contributed by atoms with Gasteiger partial charge in [0.2, 0.25) is 0 Å². The summed E-state index contributed by atoms with van der Waals surface area (Å²) in [6.45, 7) is 4.32. The first-order valence-electron chi connectivity index (χ1n) is 10.5. The van der Waals surface area contributed by atoms with Gasteiger partial charge in [-0.2, -0.15) is 0 Å². The minimum absolute atomic E-state index is 0.436. The van der Waals surface area contributed by atoms with Gasteiger partial charge in [-0.3, -0.25) is 0 Å². The summed E-state index contributed by atoms with van der Waals surface area (Å²) in [5.74, 6) is 0. The van der Waals surface area contributed by atoms with Gasteiger partial charge >= 0.3 is 0 Å². The maximum absolute atomic E-state index is 4.02. The van der Waals surface area contributed by atoms with Crippen LogP contribution < -0.4 is 10.6 Å². The SMILES string of the molecule is Cc1ccc2c(c1)N[C@]1(c3ccccc3)c3ccc(C)cc3N[C@]21c1ccccc1. The summed E-state index contributed by atoms with van der Waals surface area (Å²) in [6.07, 6.45) is 0. The lowest BCUT2D eigenvalue weighted by molar-refractivity contribution is 0.439. The molecule has 0 spiro atoms. The molecule has 2 aliphatic heterocycles. The molecular formula is C28H24N2. The van der Waals surface area contributed by atoms with Crippen LogP contribution in [0.2, 0.25) is 0 Å². The van der Waals surface area contributed by atoms with Crippen LogP contribution in [0.3, 0.4) is 0 Å². The Balaban J connectivity index is 1.78. The lowest BCUT2D eigenvalue weighted by Crippen LogP contribution is -2.51. The van der Waals surface area contributed by atoms with Gasteiger partial charge in [0, 0.05) is 22.5 Å². The Kier molecular flexibility index (Phi) is 3.47. The molecule has 146 valence electrons. The molecule has 0 fully saturated rings. The average molecular weight is 389 g/mol. The van der Waals surface area contributed by atoms with E-state index in [0.29, 0.717) is 0 Å². The third-order valence-corrected chi connectivity index (χ3v) is 6.78. The zero-order valence-corrected chi connectivity index (χ0v) is 17.2. The highest BCUT2D eigenvalue weighted by molar-refractivity contribution is 5.84. The van der Waals surface area contributed by atoms with Gasteiger partial charge in [-0.05, 0) is 48.2 Å². The van der Waals surface area contributed by atoms with Crippen molar-refractivity contribution in [1.29, 1.82) is 0 Å². The third-order valence-electron chi connectivity index (χ3n) is 6.78. The Morgan fingerprint density at radius 3 is 1.30 bits per heavy atom. The Labute approximate surface area is 177 Å². The highest BCUT2D eigenvalue weighted by atomic mass is 15.2. The van der Waals surface area contributed by atoms with Crippen molar-refractivity contribution < 1.29 is 0 Å². The number of hydrogen-bond acceptors (Lipinski definition) is 2. The molecule has 2 heteroatoms. The molecule has 0 aromatic heterocycles. The second-order valence-corrected chi connectivity index (χ2v) is 8.58. The molecule has 0 amide bonds. The first kappa shape index (κ1) is 17.3. The van der Waals surface area contributed by atoms with Crippen molar-refractivity contribution in [1.82, 2.24) is 0 Å². The minimum Gasteiger partial charge on any atom is -0.369 e. The summed E-state index contributed by atoms with van der Waals surface area (Å²) in [5, 5.41) is 8.04. The normalized spacial score (nSPS) is 23.1. The molecule has 0 aliphatic carbocycles. The first-order chi connectivity index (χ1) is 14.6. The van der Waals surface area contributed by atoms with E-state index in [1.165, 1.54) is 44.8 Å². The van der Waals surface area contributed by atoms with Gasteiger partial charge in [-0.1, -0.05) is 84.9 Å². The van der Waals surface area contributed by atoms with E-state index in [1.54, 1.807) is 0 Å². The summed E-state index contributed by atoms with van der Waals surface area (Å²) in [5.41, 5.74) is 9.14. The van der Waals surface area contributed by atoms with Gasteiger partial charge in [-0.25, -0.2) is 0 Å². The molecule has 0 unspecified atom stereocenters. The maximum Gasteiger partial charge on any atom is 0.122 e. The molecule has 2 atom stereocenters. The smallest absolute Gasteiger partial charge is 0.122 e. The number of rotatable bonds is 2. The lowest BCUT2D eigenvalue weighted by Gasteiger charge is -2.42. The number of aryl methyl sites for hydroxylation is 2. The van der Waals surface area contributed by atoms with Crippen LogP contribution in [0.1, 0.15) is 33.4 Å². The molecule has 2 nitrogen and oxygen atoms in total. The monoisotopic (exact) mass is 388 g/mol. The minimum atomic E-state index is -0.436. The summed E-state index contributed by atoms with van der Waals surface area (Å²) in [6, 6.07) is 35.3. The van der Waals surface area contributed by atoms with E-state index >= 15 is 0 Å². The molecule has 0 bridgehead atoms. The Hall–Kier alpha value is -3.52. The number of benzene rings is 4. The molecule has 30 heavy (non-hydrogen) atoms. The van der Waals surface area contributed by atoms with E-state index in [2.05, 4.69) is 122 Å². The highest BCUT2D eigenvalue weighted by Crippen LogP contribution is 2.64. The van der Waals surface area contributed by atoms with Crippen molar-refractivity contribution in [3.8, 4) is 0 Å². The molecule has 2 heterocycles. The van der Waals surface area contributed by atoms with Crippen LogP contribution >= 0.6 is 0 Å². The van der Waals surface area contributed by atoms with Gasteiger partial charge in [0.25, 0.3) is 0 Å². The largest absolute Gasteiger partial charge is 0.369 e. The number of fused-ring (bicyclic) bond motifs is 5. The molecule has 0 saturated heterocycles. The van der Waals surface area contributed by atoms with Crippen molar-refractivity contribution in [2.24, 2.45) is 0 Å². The number of nitrogens with one attached hydrogen (secondary N) is 2. The quantitative estimate of drug-likeness (QED) is 0.418. The molecule has 2 N–H and O–H groups in total. The van der Waals surface area contributed by atoms with Crippen molar-refractivity contribution in [2.75, 3.05) is 10.6 Å². The number of anilines is 2. The van der Waals surface area contributed by atoms with E-state index < -0.39 is 11.1 Å². The molecule has 4 aromatic rings. The summed E-state index contributed by atoms with van der Waals surface area (Å²) < 4.78 is 0. The molecule has 2 aliphatic rings. The average Bonchev–Trinajstić information content (AvgIpc) is 3.21. The van der Waals surface area contributed by atoms with E-state index in [4.69, 9.17) is 0 Å². The van der Waals surface area contributed by atoms with Crippen LogP contribution in [0.5, 0.6) is 0 Å². The van der Waals surface area contributed by atoms with Gasteiger partial charge in [-0.15, -0.1) is 0 Å². The van der Waals surface area contributed by atoms with Crippen LogP contribution in [0.25, 0.3) is 0 Å². The van der Waals surface area contributed by atoms with Gasteiger partial charge in [0.1, 0.15) is 11.1 Å². The van der Waals surface area contributed by atoms with E-state index in [0.717, 1.165) is 0 Å². The van der Waals surface area contributed by atoms with Gasteiger partial charge in [0.05, 0.1) is 0 Å². The van der Waals surface area contributed by atoms with Crippen LogP contribution in [0.4, 0.5) is 11.4 Å². The summed E-state index contributed by atoms with van der Waals surface area (Å²) in [7, 11) is 0. The van der Waals surface area contributed by atoms with Crippen molar-refractivity contribution in [3.05, 3.63) is 130 Å². The van der Waals surface area contributed by atoms with Crippen molar-refractivity contribution >= 4 is 11.4 Å². The van der Waals surface area contributed by atoms with Crippen molar-refractivity contribution in [3.63, 3.8) is 0 Å². The predicted octanol–water partition coefficient (Wildman–Crippen LogP) is 6.34. The van der Waals surface area contributed by atoms with Crippen LogP contribution in [0.15, 0.2) is 97.1 Å². The zero-order chi connectivity index (χ0) is 20.3. The molecule has 4 aromatic carbocycles. The maximum atomic E-state index is 4.02. The number of hydrogen-bond donors (Lipinski definition) is 2. The molecule has 0 saturated carbocycles. The second-order valence-electron chi connectivity index (χ2n) is 8.58. The molecular weight excluding hydrogens is 364 g/mol. The molecule has 0 radical (unpaired) electrons. The third kappa shape index (κ3) is 2.03. The first-order valence-corrected chi connectivity index (χ1v) is 10.5. The summed E-state index contributed by atoms with van der Waals surface area (Å²) in [4.78, 5) is 0. The predicted molar refractivity (Wildman–Crippen MR) is 124 cm³/mol. The highest BCUT2D eigenvalue weighted by Gasteiger charge is 2.65. The fraction of sp³-hybridized carbons (Fsp3) is 0.143. The Bertz CT molecular complexity index is 1160. The van der Waals surface area contributed by atoms with E-state index in [9.17, 15) is 0 Å². The van der Waals surface area contributed by atoms with Gasteiger partial charge in [0.15, 0.2) is 0 Å². The topological polar surface area (TPSA) is 24.1 Å². The fourth-order valence-electron chi connectivity index (χ4n) is 5.57. The Morgan fingerprint density at radius 1 is 0.500 bits per heavy atom. The Morgan fingerprint density at radius 2 is 0.900 bits per heavy atom.